The van der Waals surface area contributed by atoms with Crippen molar-refractivity contribution in [1.82, 2.24) is 5.32 Å². The summed E-state index contributed by atoms with van der Waals surface area (Å²) in [6, 6.07) is 0.507. The molecule has 4 saturated carbocycles. The van der Waals surface area contributed by atoms with Gasteiger partial charge in [-0.25, -0.2) is 0 Å². The van der Waals surface area contributed by atoms with Crippen molar-refractivity contribution in [3.8, 4) is 0 Å². The summed E-state index contributed by atoms with van der Waals surface area (Å²) in [6.07, 6.45) is 10.5. The lowest BCUT2D eigenvalue weighted by atomic mass is 9.43. The molecule has 0 radical (unpaired) electrons. The van der Waals surface area contributed by atoms with Crippen molar-refractivity contribution in [3.63, 3.8) is 0 Å². The van der Waals surface area contributed by atoms with E-state index in [1.807, 2.05) is 0 Å². The molecular weight excluding hydrogens is 388 g/mol. The number of nitrogens with one attached hydrogen (secondary N) is 1. The summed E-state index contributed by atoms with van der Waals surface area (Å²) in [7, 11) is 0. The van der Waals surface area contributed by atoms with Gasteiger partial charge in [0.25, 0.3) is 0 Å². The highest BCUT2D eigenvalue weighted by atomic mass is 16.4. The molecule has 4 aliphatic carbocycles. The van der Waals surface area contributed by atoms with Crippen molar-refractivity contribution in [3.05, 3.63) is 0 Å². The van der Waals surface area contributed by atoms with E-state index in [9.17, 15) is 9.90 Å². The average molecular weight is 435 g/mol. The van der Waals surface area contributed by atoms with Crippen LogP contribution in [0.5, 0.6) is 0 Å². The van der Waals surface area contributed by atoms with Crippen LogP contribution in [-0.4, -0.2) is 41.4 Å². The molecule has 4 fully saturated rings. The summed E-state index contributed by atoms with van der Waals surface area (Å²) >= 11 is 0. The Kier molecular flexibility index (Phi) is 6.78. The fraction of sp³-hybridized carbons (Fsp3) is 0.962. The van der Waals surface area contributed by atoms with Crippen LogP contribution in [-0.2, 0) is 4.79 Å². The highest BCUT2D eigenvalue weighted by molar-refractivity contribution is 5.66. The highest BCUT2D eigenvalue weighted by Crippen LogP contribution is 2.68. The SMILES string of the molecule is CC(CCC(=O)O)C1CCC2C3C[C@@H](O)[C@H]4CC(NCCN)CC[C@]4(C)C3CC[C@]12C. The number of aliphatic hydroxyl groups excluding tert-OH is 1. The zero-order valence-electron chi connectivity index (χ0n) is 20.0. The molecule has 0 aromatic carbocycles. The van der Waals surface area contributed by atoms with Crippen molar-refractivity contribution in [2.24, 2.45) is 52.1 Å². The number of aliphatic hydroxyl groups is 1. The Hall–Kier alpha value is -0.650. The molecule has 0 aliphatic heterocycles. The third kappa shape index (κ3) is 4.08. The topological polar surface area (TPSA) is 95.6 Å². The molecular formula is C26H46N2O3. The molecule has 10 atom stereocenters. The van der Waals surface area contributed by atoms with Gasteiger partial charge >= 0.3 is 5.97 Å². The molecule has 6 unspecified atom stereocenters. The van der Waals surface area contributed by atoms with Gasteiger partial charge in [-0.1, -0.05) is 20.8 Å². The average Bonchev–Trinajstić information content (AvgIpc) is 3.08. The number of nitrogens with two attached hydrogens (primary N) is 1. The van der Waals surface area contributed by atoms with Gasteiger partial charge in [-0.3, -0.25) is 4.79 Å². The monoisotopic (exact) mass is 434 g/mol. The predicted molar refractivity (Wildman–Crippen MR) is 123 cm³/mol. The first-order valence-electron chi connectivity index (χ1n) is 13.0. The van der Waals surface area contributed by atoms with Crippen LogP contribution in [0.4, 0.5) is 0 Å². The molecule has 178 valence electrons. The van der Waals surface area contributed by atoms with E-state index in [1.165, 1.54) is 38.5 Å². The molecule has 5 heteroatoms. The van der Waals surface area contributed by atoms with Crippen LogP contribution in [0.15, 0.2) is 0 Å². The molecule has 0 aromatic rings. The summed E-state index contributed by atoms with van der Waals surface area (Å²) in [5.74, 6) is 2.93. The van der Waals surface area contributed by atoms with E-state index in [-0.39, 0.29) is 11.5 Å². The maximum Gasteiger partial charge on any atom is 0.303 e. The number of carboxylic acid groups (broad SMARTS) is 1. The van der Waals surface area contributed by atoms with Crippen molar-refractivity contribution in [2.45, 2.75) is 97.1 Å². The van der Waals surface area contributed by atoms with Crippen LogP contribution in [0.3, 0.4) is 0 Å². The minimum Gasteiger partial charge on any atom is -0.481 e. The summed E-state index contributed by atoms with van der Waals surface area (Å²) < 4.78 is 0. The van der Waals surface area contributed by atoms with E-state index in [1.54, 1.807) is 0 Å². The molecule has 31 heavy (non-hydrogen) atoms. The predicted octanol–water partition coefficient (Wildman–Crippen LogP) is 4.03. The van der Waals surface area contributed by atoms with Crippen LogP contribution in [0.25, 0.3) is 0 Å². The maximum absolute atomic E-state index is 11.4. The Morgan fingerprint density at radius 3 is 2.48 bits per heavy atom. The highest BCUT2D eigenvalue weighted by Gasteiger charge is 2.62. The second kappa shape index (κ2) is 8.95. The molecule has 0 amide bonds. The Morgan fingerprint density at radius 2 is 1.77 bits per heavy atom. The molecule has 0 saturated heterocycles. The van der Waals surface area contributed by atoms with E-state index in [0.717, 1.165) is 31.7 Å². The Balaban J connectivity index is 1.49. The first-order chi connectivity index (χ1) is 14.7. The number of hydrogen-bond donors (Lipinski definition) is 4. The van der Waals surface area contributed by atoms with Crippen LogP contribution in [0.2, 0.25) is 0 Å². The first-order valence-corrected chi connectivity index (χ1v) is 13.0. The molecule has 0 bridgehead atoms. The van der Waals surface area contributed by atoms with Gasteiger partial charge < -0.3 is 21.3 Å². The fourth-order valence-corrected chi connectivity index (χ4v) is 9.30. The van der Waals surface area contributed by atoms with Crippen LogP contribution in [0.1, 0.15) is 85.0 Å². The van der Waals surface area contributed by atoms with Gasteiger partial charge in [-0.15, -0.1) is 0 Å². The number of carboxylic acids is 1. The van der Waals surface area contributed by atoms with Crippen molar-refractivity contribution >= 4 is 5.97 Å². The quantitative estimate of drug-likeness (QED) is 0.485. The van der Waals surface area contributed by atoms with Gasteiger partial charge in [0.1, 0.15) is 0 Å². The second-order valence-electron chi connectivity index (χ2n) is 12.1. The maximum atomic E-state index is 11.4. The van der Waals surface area contributed by atoms with Crippen molar-refractivity contribution in [1.29, 1.82) is 0 Å². The third-order valence-electron chi connectivity index (χ3n) is 10.8. The number of carbonyl (C=O) groups is 1. The number of hydrogen-bond acceptors (Lipinski definition) is 4. The van der Waals surface area contributed by atoms with Gasteiger partial charge in [0.2, 0.25) is 0 Å². The zero-order chi connectivity index (χ0) is 22.4. The minimum atomic E-state index is -0.666. The normalized spacial score (nSPS) is 47.8. The van der Waals surface area contributed by atoms with Crippen LogP contribution >= 0.6 is 0 Å². The smallest absolute Gasteiger partial charge is 0.303 e. The van der Waals surface area contributed by atoms with Crippen molar-refractivity contribution in [2.75, 3.05) is 13.1 Å². The summed E-state index contributed by atoms with van der Waals surface area (Å²) in [5, 5.41) is 24.1. The van der Waals surface area contributed by atoms with Gasteiger partial charge in [0, 0.05) is 25.6 Å². The van der Waals surface area contributed by atoms with E-state index >= 15 is 0 Å². The van der Waals surface area contributed by atoms with Crippen molar-refractivity contribution < 1.29 is 15.0 Å². The van der Waals surface area contributed by atoms with Gasteiger partial charge in [-0.05, 0) is 104 Å². The van der Waals surface area contributed by atoms with E-state index in [2.05, 4.69) is 26.1 Å². The second-order valence-corrected chi connectivity index (χ2v) is 12.1. The lowest BCUT2D eigenvalue weighted by Gasteiger charge is -2.62. The lowest BCUT2D eigenvalue weighted by Crippen LogP contribution is -2.59. The number of aliphatic carboxylic acids is 1. The molecule has 4 aliphatic rings. The van der Waals surface area contributed by atoms with Crippen LogP contribution < -0.4 is 11.1 Å². The number of rotatable bonds is 7. The first kappa shape index (κ1) is 23.5. The molecule has 5 nitrogen and oxygen atoms in total. The minimum absolute atomic E-state index is 0.181. The largest absolute Gasteiger partial charge is 0.481 e. The van der Waals surface area contributed by atoms with Gasteiger partial charge in [-0.2, -0.15) is 0 Å². The Labute approximate surface area is 188 Å². The summed E-state index contributed by atoms with van der Waals surface area (Å²) in [4.78, 5) is 11.1. The third-order valence-corrected chi connectivity index (χ3v) is 10.8. The fourth-order valence-electron chi connectivity index (χ4n) is 9.30. The van der Waals surface area contributed by atoms with Gasteiger partial charge in [0.05, 0.1) is 6.10 Å². The Morgan fingerprint density at radius 1 is 1.06 bits per heavy atom. The summed E-state index contributed by atoms with van der Waals surface area (Å²) in [5.41, 5.74) is 6.29. The summed E-state index contributed by atoms with van der Waals surface area (Å²) in [6.45, 7) is 8.85. The van der Waals surface area contributed by atoms with E-state index < -0.39 is 5.97 Å². The molecule has 0 spiro atoms. The molecule has 0 heterocycles. The zero-order valence-corrected chi connectivity index (χ0v) is 20.0. The van der Waals surface area contributed by atoms with E-state index in [0.29, 0.717) is 54.0 Å². The number of fused-ring (bicyclic) bond motifs is 5. The lowest BCUT2D eigenvalue weighted by molar-refractivity contribution is -0.162. The standard InChI is InChI=1S/C26H46N2O3/c1-16(4-7-24(30)31)19-5-6-20-18-15-23(29)22-14-17(28-13-12-27)8-10-26(22,3)21(18)9-11-25(19,20)2/h16-23,28-29H,4-15,27H2,1-3H3,(H,30,31)/t16?,17?,18?,19?,20?,21?,22-,23-,25-,26-/m1/s1. The Bertz CT molecular complexity index is 657. The van der Waals surface area contributed by atoms with E-state index in [4.69, 9.17) is 10.8 Å². The van der Waals surface area contributed by atoms with Gasteiger partial charge in [0.15, 0.2) is 0 Å². The molecule has 0 aromatic heterocycles. The molecule has 4 rings (SSSR count). The molecule has 5 N–H and O–H groups in total. The van der Waals surface area contributed by atoms with Crippen LogP contribution in [0, 0.1) is 46.3 Å².